The predicted molar refractivity (Wildman–Crippen MR) is 180 cm³/mol. The fraction of sp³-hybridized carbons (Fsp3) is 0. The largest absolute Gasteiger partial charge is 0.654 e. The minimum absolute atomic E-state index is 0.891. The molecule has 0 unspecified atom stereocenters. The molecule has 0 bridgehead atoms. The molecule has 6 aromatic rings. The summed E-state index contributed by atoms with van der Waals surface area (Å²) in [5.41, 5.74) is 0. The lowest BCUT2D eigenvalue weighted by atomic mass is 10.3. The van der Waals surface area contributed by atoms with Gasteiger partial charge in [0.2, 0.25) is 0 Å². The second kappa shape index (κ2) is 12.6. The van der Waals surface area contributed by atoms with E-state index in [4.69, 9.17) is 8.23 Å². The third kappa shape index (κ3) is 5.75. The van der Waals surface area contributed by atoms with Crippen LogP contribution in [0, 0.1) is 0 Å². The molecule has 6 rings (SSSR count). The molecule has 0 fully saturated rings. The molecule has 0 atom stereocenters. The highest BCUT2D eigenvalue weighted by Crippen LogP contribution is 2.20. The third-order valence-electron chi connectivity index (χ3n) is 7.65. The summed E-state index contributed by atoms with van der Waals surface area (Å²) in [7, 11) is -12.0. The van der Waals surface area contributed by atoms with Gasteiger partial charge in [0.25, 0.3) is 16.6 Å². The van der Waals surface area contributed by atoms with Crippen molar-refractivity contribution in [1.82, 2.24) is 0 Å². The van der Waals surface area contributed by atoms with Crippen molar-refractivity contribution in [3.05, 3.63) is 182 Å². The van der Waals surface area contributed by atoms with Gasteiger partial charge in [-0.3, -0.25) is 0 Å². The van der Waals surface area contributed by atoms with Crippen molar-refractivity contribution in [2.75, 3.05) is 0 Å². The van der Waals surface area contributed by atoms with E-state index in [-0.39, 0.29) is 0 Å². The maximum atomic E-state index is 12.3. The molecule has 0 aliphatic heterocycles. The van der Waals surface area contributed by atoms with Gasteiger partial charge in [-0.25, -0.2) is 0 Å². The summed E-state index contributed by atoms with van der Waals surface area (Å²) in [4.78, 5) is 24.5. The van der Waals surface area contributed by atoms with Crippen LogP contribution in [0.5, 0.6) is 0 Å². The Balaban J connectivity index is 1.58. The van der Waals surface area contributed by atoms with E-state index < -0.39 is 25.7 Å². The quantitative estimate of drug-likeness (QED) is 0.185. The Morgan fingerprint density at radius 1 is 0.279 bits per heavy atom. The summed E-state index contributed by atoms with van der Waals surface area (Å²) in [6, 6.07) is 59.3. The normalized spacial score (nSPS) is 12.1. The van der Waals surface area contributed by atoms with E-state index in [1.54, 1.807) is 0 Å². The molecule has 0 aromatic heterocycles. The number of benzene rings is 6. The zero-order chi connectivity index (χ0) is 29.6. The number of rotatable bonds is 10. The standard InChI is InChI=1S/C36H32O4Si3/c37-43(38,39-41(31-19-7-1-8-20-31,32-21-9-2-10-22-32)33-23-11-3-12-24-33)40-42(34-25-13-4-14-26-34,35-27-15-5-16-28-35)36-29-17-6-18-30-36/h1-30,37-38H. The molecule has 2 N–H and O–H groups in total. The summed E-state index contributed by atoms with van der Waals surface area (Å²) in [5, 5.41) is 5.35. The number of hydrogen-bond acceptors (Lipinski definition) is 4. The van der Waals surface area contributed by atoms with Crippen LogP contribution >= 0.6 is 0 Å². The van der Waals surface area contributed by atoms with Gasteiger partial charge in [0.05, 0.1) is 0 Å². The minimum atomic E-state index is -4.95. The van der Waals surface area contributed by atoms with Crippen LogP contribution in [0.1, 0.15) is 0 Å². The highest BCUT2D eigenvalue weighted by atomic mass is 28.5. The van der Waals surface area contributed by atoms with Crippen molar-refractivity contribution in [3.63, 3.8) is 0 Å². The van der Waals surface area contributed by atoms with Gasteiger partial charge in [-0.2, -0.15) is 0 Å². The Morgan fingerprint density at radius 3 is 0.605 bits per heavy atom. The van der Waals surface area contributed by atoms with Gasteiger partial charge in [0.15, 0.2) is 0 Å². The minimum Gasteiger partial charge on any atom is -0.381 e. The third-order valence-corrected chi connectivity index (χ3v) is 19.1. The van der Waals surface area contributed by atoms with E-state index in [0.29, 0.717) is 0 Å². The topological polar surface area (TPSA) is 58.9 Å². The first-order chi connectivity index (χ1) is 21.0. The van der Waals surface area contributed by atoms with Crippen molar-refractivity contribution >= 4 is 56.8 Å². The van der Waals surface area contributed by atoms with Crippen molar-refractivity contribution < 1.29 is 17.8 Å². The Hall–Kier alpha value is -4.19. The van der Waals surface area contributed by atoms with Gasteiger partial charge in [-0.05, 0) is 31.1 Å². The lowest BCUT2D eigenvalue weighted by Crippen LogP contribution is -2.78. The fourth-order valence-corrected chi connectivity index (χ4v) is 18.3. The highest BCUT2D eigenvalue weighted by Gasteiger charge is 2.57. The molecule has 0 aliphatic rings. The smallest absolute Gasteiger partial charge is 0.381 e. The molecule has 6 aromatic carbocycles. The molecule has 4 nitrogen and oxygen atoms in total. The zero-order valence-corrected chi connectivity index (χ0v) is 26.5. The van der Waals surface area contributed by atoms with Crippen LogP contribution in [0.15, 0.2) is 182 Å². The highest BCUT2D eigenvalue weighted by molar-refractivity contribution is 7.12. The van der Waals surface area contributed by atoms with E-state index in [9.17, 15) is 9.59 Å². The van der Waals surface area contributed by atoms with E-state index in [0.717, 1.165) is 31.1 Å². The van der Waals surface area contributed by atoms with Crippen LogP contribution in [0.2, 0.25) is 0 Å². The SMILES string of the molecule is O[Si](O)(O[Si](c1ccccc1)(c1ccccc1)c1ccccc1)O[Si](c1ccccc1)(c1ccccc1)c1ccccc1. The van der Waals surface area contributed by atoms with Gasteiger partial charge >= 0.3 is 9.05 Å². The lowest BCUT2D eigenvalue weighted by Gasteiger charge is -2.41. The second-order valence-corrected chi connectivity index (χ2v) is 19.2. The summed E-state index contributed by atoms with van der Waals surface area (Å²) in [6.07, 6.45) is 0. The molecule has 0 radical (unpaired) electrons. The Bertz CT molecular complexity index is 1400. The summed E-state index contributed by atoms with van der Waals surface area (Å²) >= 11 is 0. The van der Waals surface area contributed by atoms with Crippen LogP contribution in [0.3, 0.4) is 0 Å². The summed E-state index contributed by atoms with van der Waals surface area (Å²) < 4.78 is 13.8. The average molecular weight is 613 g/mol. The second-order valence-electron chi connectivity index (χ2n) is 10.3. The lowest BCUT2D eigenvalue weighted by molar-refractivity contribution is 0.139. The Morgan fingerprint density at radius 2 is 0.442 bits per heavy atom. The van der Waals surface area contributed by atoms with Crippen LogP contribution in [0.4, 0.5) is 0 Å². The molecule has 0 saturated heterocycles. The Kier molecular flexibility index (Phi) is 8.46. The monoisotopic (exact) mass is 612 g/mol. The maximum Gasteiger partial charge on any atom is 0.654 e. The van der Waals surface area contributed by atoms with Crippen molar-refractivity contribution in [2.45, 2.75) is 0 Å². The molecule has 212 valence electrons. The first-order valence-corrected chi connectivity index (χ1v) is 19.8. The van der Waals surface area contributed by atoms with Crippen LogP contribution < -0.4 is 31.1 Å². The van der Waals surface area contributed by atoms with Gasteiger partial charge < -0.3 is 17.8 Å². The first-order valence-electron chi connectivity index (χ1n) is 14.2. The molecule has 0 heterocycles. The van der Waals surface area contributed by atoms with Gasteiger partial charge in [0.1, 0.15) is 0 Å². The molecule has 7 heteroatoms. The maximum absolute atomic E-state index is 12.3. The molecular formula is C36H32O4Si3. The Labute approximate surface area is 255 Å². The van der Waals surface area contributed by atoms with Crippen LogP contribution in [-0.2, 0) is 8.23 Å². The van der Waals surface area contributed by atoms with E-state index >= 15 is 0 Å². The predicted octanol–water partition coefficient (Wildman–Crippen LogP) is 2.77. The van der Waals surface area contributed by atoms with Crippen LogP contribution in [0.25, 0.3) is 0 Å². The summed E-state index contributed by atoms with van der Waals surface area (Å²) in [6.45, 7) is 0. The van der Waals surface area contributed by atoms with E-state index in [2.05, 4.69) is 0 Å². The molecule has 0 aliphatic carbocycles. The fourth-order valence-electron chi connectivity index (χ4n) is 5.81. The van der Waals surface area contributed by atoms with Crippen molar-refractivity contribution in [1.29, 1.82) is 0 Å². The summed E-state index contributed by atoms with van der Waals surface area (Å²) in [5.74, 6) is 0. The van der Waals surface area contributed by atoms with E-state index in [1.807, 2.05) is 182 Å². The molecular weight excluding hydrogens is 581 g/mol. The van der Waals surface area contributed by atoms with Crippen molar-refractivity contribution in [3.8, 4) is 0 Å². The molecule has 0 saturated carbocycles. The van der Waals surface area contributed by atoms with Gasteiger partial charge in [-0.15, -0.1) is 0 Å². The average Bonchev–Trinajstić information content (AvgIpc) is 3.08. The molecule has 0 amide bonds. The van der Waals surface area contributed by atoms with Gasteiger partial charge in [0, 0.05) is 0 Å². The first kappa shape index (κ1) is 28.9. The zero-order valence-electron chi connectivity index (χ0n) is 23.5. The van der Waals surface area contributed by atoms with Gasteiger partial charge in [-0.1, -0.05) is 182 Å². The molecule has 43 heavy (non-hydrogen) atoms. The van der Waals surface area contributed by atoms with Crippen molar-refractivity contribution in [2.24, 2.45) is 0 Å². The van der Waals surface area contributed by atoms with E-state index in [1.165, 1.54) is 0 Å². The number of hydrogen-bond donors (Lipinski definition) is 2. The molecule has 0 spiro atoms. The van der Waals surface area contributed by atoms with Crippen LogP contribution in [-0.4, -0.2) is 35.3 Å².